The van der Waals surface area contributed by atoms with Crippen molar-refractivity contribution < 1.29 is 14.4 Å². The number of hydrogen-bond acceptors (Lipinski definition) is 3. The number of carbonyl (C=O) groups excluding carboxylic acids is 3. The minimum atomic E-state index is -0.726. The first-order chi connectivity index (χ1) is 11.6. The maximum Gasteiger partial charge on any atom is 0.242 e. The lowest BCUT2D eigenvalue weighted by molar-refractivity contribution is -0.146. The maximum absolute atomic E-state index is 13.1. The molecule has 2 fully saturated rings. The number of amides is 3. The average molecular weight is 326 g/mol. The molecule has 0 unspecified atom stereocenters. The van der Waals surface area contributed by atoms with E-state index in [2.05, 4.69) is 0 Å². The Kier molecular flexibility index (Phi) is 3.66. The molecule has 1 aliphatic carbocycles. The summed E-state index contributed by atoms with van der Waals surface area (Å²) in [4.78, 5) is 41.0. The summed E-state index contributed by atoms with van der Waals surface area (Å²) in [5.74, 6) is -0.482. The van der Waals surface area contributed by atoms with Crippen LogP contribution in [-0.4, -0.2) is 47.2 Å². The summed E-state index contributed by atoms with van der Waals surface area (Å²) in [6.07, 6.45) is 4.85. The fourth-order valence-electron chi connectivity index (χ4n) is 4.43. The normalized spacial score (nSPS) is 26.3. The fraction of sp³-hybridized carbons (Fsp3) is 0.526. The molecule has 1 aromatic rings. The van der Waals surface area contributed by atoms with E-state index in [1.165, 1.54) is 4.90 Å². The highest BCUT2D eigenvalue weighted by Gasteiger charge is 2.55. The molecule has 4 rings (SSSR count). The van der Waals surface area contributed by atoms with Gasteiger partial charge in [-0.1, -0.05) is 24.3 Å². The zero-order chi connectivity index (χ0) is 16.7. The zero-order valence-electron chi connectivity index (χ0n) is 13.8. The minimum absolute atomic E-state index is 0.0957. The van der Waals surface area contributed by atoms with Gasteiger partial charge in [0.05, 0.1) is 5.41 Å². The second-order valence-corrected chi connectivity index (χ2v) is 7.14. The molecule has 1 spiro atoms. The van der Waals surface area contributed by atoms with Crippen molar-refractivity contribution >= 4 is 17.7 Å². The molecule has 24 heavy (non-hydrogen) atoms. The second-order valence-electron chi connectivity index (χ2n) is 7.14. The van der Waals surface area contributed by atoms with E-state index >= 15 is 0 Å². The highest BCUT2D eigenvalue weighted by molar-refractivity contribution is 6.11. The SMILES string of the molecule is O=C(CN1C(=O)C[C@]2(CCc3ccccc32)C1=O)N1CCCCC1. The van der Waals surface area contributed by atoms with Gasteiger partial charge in [-0.15, -0.1) is 0 Å². The second kappa shape index (κ2) is 5.72. The van der Waals surface area contributed by atoms with E-state index in [0.717, 1.165) is 49.9 Å². The van der Waals surface area contributed by atoms with E-state index in [0.29, 0.717) is 6.42 Å². The number of benzene rings is 1. The van der Waals surface area contributed by atoms with E-state index in [1.807, 2.05) is 24.3 Å². The van der Waals surface area contributed by atoms with Gasteiger partial charge in [0.25, 0.3) is 0 Å². The van der Waals surface area contributed by atoms with Crippen molar-refractivity contribution in [3.8, 4) is 0 Å². The lowest BCUT2D eigenvalue weighted by Gasteiger charge is -2.29. The van der Waals surface area contributed by atoms with Crippen LogP contribution in [0.4, 0.5) is 0 Å². The Morgan fingerprint density at radius 2 is 1.83 bits per heavy atom. The molecule has 2 heterocycles. The summed E-state index contributed by atoms with van der Waals surface area (Å²) >= 11 is 0. The Morgan fingerprint density at radius 1 is 1.08 bits per heavy atom. The molecule has 5 heteroatoms. The lowest BCUT2D eigenvalue weighted by atomic mass is 9.80. The lowest BCUT2D eigenvalue weighted by Crippen LogP contribution is -2.46. The number of piperidine rings is 1. The van der Waals surface area contributed by atoms with Gasteiger partial charge in [-0.3, -0.25) is 19.3 Å². The summed E-state index contributed by atoms with van der Waals surface area (Å²) in [6.45, 7) is 1.38. The number of likely N-dealkylation sites (tertiary alicyclic amines) is 2. The molecule has 2 saturated heterocycles. The van der Waals surface area contributed by atoms with Crippen molar-refractivity contribution in [2.75, 3.05) is 19.6 Å². The van der Waals surface area contributed by atoms with Crippen LogP contribution >= 0.6 is 0 Å². The van der Waals surface area contributed by atoms with Crippen LogP contribution in [0.3, 0.4) is 0 Å². The van der Waals surface area contributed by atoms with E-state index in [-0.39, 0.29) is 30.7 Å². The Balaban J connectivity index is 1.55. The van der Waals surface area contributed by atoms with Crippen LogP contribution in [0.15, 0.2) is 24.3 Å². The molecule has 3 aliphatic rings. The van der Waals surface area contributed by atoms with Gasteiger partial charge in [0, 0.05) is 19.5 Å². The van der Waals surface area contributed by atoms with Gasteiger partial charge in [0.2, 0.25) is 17.7 Å². The maximum atomic E-state index is 13.1. The van der Waals surface area contributed by atoms with E-state index in [1.54, 1.807) is 4.90 Å². The van der Waals surface area contributed by atoms with Crippen molar-refractivity contribution in [3.05, 3.63) is 35.4 Å². The van der Waals surface area contributed by atoms with Crippen molar-refractivity contribution in [2.24, 2.45) is 0 Å². The van der Waals surface area contributed by atoms with Crippen LogP contribution in [0.2, 0.25) is 0 Å². The summed E-state index contributed by atoms with van der Waals surface area (Å²) in [6, 6.07) is 7.88. The molecule has 0 bridgehead atoms. The quantitative estimate of drug-likeness (QED) is 0.777. The Labute approximate surface area is 141 Å². The van der Waals surface area contributed by atoms with Gasteiger partial charge in [0.15, 0.2) is 0 Å². The van der Waals surface area contributed by atoms with Gasteiger partial charge >= 0.3 is 0 Å². The monoisotopic (exact) mass is 326 g/mol. The number of imide groups is 1. The molecule has 0 saturated carbocycles. The van der Waals surface area contributed by atoms with Crippen molar-refractivity contribution in [1.82, 2.24) is 9.80 Å². The molecule has 0 radical (unpaired) electrons. The topological polar surface area (TPSA) is 57.7 Å². The molecule has 1 aromatic carbocycles. The molecule has 2 aliphatic heterocycles. The van der Waals surface area contributed by atoms with E-state index < -0.39 is 5.41 Å². The van der Waals surface area contributed by atoms with Crippen molar-refractivity contribution in [3.63, 3.8) is 0 Å². The van der Waals surface area contributed by atoms with Gasteiger partial charge in [0.1, 0.15) is 6.54 Å². The third kappa shape index (κ3) is 2.26. The van der Waals surface area contributed by atoms with Crippen LogP contribution in [0.1, 0.15) is 43.2 Å². The molecular weight excluding hydrogens is 304 g/mol. The Bertz CT molecular complexity index is 708. The standard InChI is InChI=1S/C19H22N2O3/c22-16-12-19(9-8-14-6-2-3-7-15(14)19)18(24)21(16)13-17(23)20-10-4-1-5-11-20/h2-3,6-7H,1,4-5,8-13H2/t19-/m0/s1. The number of hydrogen-bond donors (Lipinski definition) is 0. The summed E-state index contributed by atoms with van der Waals surface area (Å²) < 4.78 is 0. The van der Waals surface area contributed by atoms with Crippen LogP contribution in [0.5, 0.6) is 0 Å². The first kappa shape index (κ1) is 15.4. The van der Waals surface area contributed by atoms with E-state index in [9.17, 15) is 14.4 Å². The summed E-state index contributed by atoms with van der Waals surface area (Å²) in [5.41, 5.74) is 1.41. The molecule has 126 valence electrons. The van der Waals surface area contributed by atoms with Crippen molar-refractivity contribution in [2.45, 2.75) is 43.9 Å². The minimum Gasteiger partial charge on any atom is -0.341 e. The van der Waals surface area contributed by atoms with Gasteiger partial charge in [-0.25, -0.2) is 0 Å². The predicted molar refractivity (Wildman–Crippen MR) is 88.2 cm³/mol. The third-order valence-corrected chi connectivity index (χ3v) is 5.76. The number of carbonyl (C=O) groups is 3. The van der Waals surface area contributed by atoms with Gasteiger partial charge < -0.3 is 4.90 Å². The summed E-state index contributed by atoms with van der Waals surface area (Å²) in [7, 11) is 0. The Hall–Kier alpha value is -2.17. The van der Waals surface area contributed by atoms with Gasteiger partial charge in [-0.2, -0.15) is 0 Å². The van der Waals surface area contributed by atoms with Crippen LogP contribution < -0.4 is 0 Å². The number of nitrogens with zero attached hydrogens (tertiary/aromatic N) is 2. The largest absolute Gasteiger partial charge is 0.341 e. The predicted octanol–water partition coefficient (Wildman–Crippen LogP) is 1.64. The smallest absolute Gasteiger partial charge is 0.242 e. The van der Waals surface area contributed by atoms with Crippen LogP contribution in [0.25, 0.3) is 0 Å². The van der Waals surface area contributed by atoms with Gasteiger partial charge in [-0.05, 0) is 43.2 Å². The first-order valence-electron chi connectivity index (χ1n) is 8.83. The van der Waals surface area contributed by atoms with E-state index in [4.69, 9.17) is 0 Å². The number of aryl methyl sites for hydroxylation is 1. The van der Waals surface area contributed by atoms with Crippen LogP contribution in [0, 0.1) is 0 Å². The highest BCUT2D eigenvalue weighted by atomic mass is 16.2. The van der Waals surface area contributed by atoms with Crippen molar-refractivity contribution in [1.29, 1.82) is 0 Å². The third-order valence-electron chi connectivity index (χ3n) is 5.76. The number of rotatable bonds is 2. The summed E-state index contributed by atoms with van der Waals surface area (Å²) in [5, 5.41) is 0. The van der Waals surface area contributed by atoms with Crippen LogP contribution in [-0.2, 0) is 26.2 Å². The highest BCUT2D eigenvalue weighted by Crippen LogP contribution is 2.46. The molecule has 3 amide bonds. The molecule has 5 nitrogen and oxygen atoms in total. The Morgan fingerprint density at radius 3 is 2.62 bits per heavy atom. The molecule has 1 atom stereocenters. The fourth-order valence-corrected chi connectivity index (χ4v) is 4.43. The molecular formula is C19H22N2O3. The molecule has 0 N–H and O–H groups in total. The molecule has 0 aromatic heterocycles. The average Bonchev–Trinajstić information content (AvgIpc) is 3.10. The first-order valence-corrected chi connectivity index (χ1v) is 8.83. The zero-order valence-corrected chi connectivity index (χ0v) is 13.8. The number of fused-ring (bicyclic) bond motifs is 2.